The van der Waals surface area contributed by atoms with Crippen molar-refractivity contribution < 1.29 is 12.8 Å². The van der Waals surface area contributed by atoms with Crippen LogP contribution in [0.15, 0.2) is 47.9 Å². The molecule has 1 aliphatic heterocycles. The number of aryl methyl sites for hydroxylation is 1. The lowest BCUT2D eigenvalue weighted by molar-refractivity contribution is 0.473. The first-order chi connectivity index (χ1) is 13.8. The average Bonchev–Trinajstić information content (AvgIpc) is 3.13. The summed E-state index contributed by atoms with van der Waals surface area (Å²) in [5, 5.41) is 8.18. The molecule has 1 fully saturated rings. The zero-order valence-electron chi connectivity index (χ0n) is 16.3. The Hall–Kier alpha value is -2.81. The van der Waals surface area contributed by atoms with Gasteiger partial charge in [0.2, 0.25) is 0 Å². The van der Waals surface area contributed by atoms with Gasteiger partial charge in [0.1, 0.15) is 18.0 Å². The molecule has 152 valence electrons. The molecule has 0 N–H and O–H groups in total. The molecule has 1 aliphatic rings. The SMILES string of the molecule is Cn1cnnc1C1CCN(c2c(-c3cncc(F)c3)cccc2S(C)(=O)=O)CC1. The molecule has 7 nitrogen and oxygen atoms in total. The van der Waals surface area contributed by atoms with E-state index in [2.05, 4.69) is 20.1 Å². The van der Waals surface area contributed by atoms with Crippen LogP contribution in [0.25, 0.3) is 11.1 Å². The third-order valence-electron chi connectivity index (χ3n) is 5.34. The number of benzene rings is 1. The molecule has 0 unspecified atom stereocenters. The highest BCUT2D eigenvalue weighted by Crippen LogP contribution is 2.39. The molecule has 0 aliphatic carbocycles. The molecule has 0 atom stereocenters. The third-order valence-corrected chi connectivity index (χ3v) is 6.47. The number of hydrogen-bond acceptors (Lipinski definition) is 6. The normalized spacial score (nSPS) is 15.6. The Kier molecular flexibility index (Phi) is 5.08. The van der Waals surface area contributed by atoms with Crippen LogP contribution in [0.4, 0.5) is 10.1 Å². The number of aromatic nitrogens is 4. The van der Waals surface area contributed by atoms with E-state index in [1.165, 1.54) is 12.3 Å². The van der Waals surface area contributed by atoms with Gasteiger partial charge in [-0.2, -0.15) is 0 Å². The molecule has 2 aromatic heterocycles. The molecule has 0 amide bonds. The van der Waals surface area contributed by atoms with Gasteiger partial charge in [-0.25, -0.2) is 12.8 Å². The smallest absolute Gasteiger partial charge is 0.177 e. The van der Waals surface area contributed by atoms with Crippen LogP contribution in [0.2, 0.25) is 0 Å². The van der Waals surface area contributed by atoms with Crippen LogP contribution in [-0.4, -0.2) is 47.5 Å². The van der Waals surface area contributed by atoms with E-state index < -0.39 is 15.7 Å². The van der Waals surface area contributed by atoms with E-state index in [4.69, 9.17) is 0 Å². The Morgan fingerprint density at radius 2 is 1.93 bits per heavy atom. The van der Waals surface area contributed by atoms with Crippen LogP contribution in [0.5, 0.6) is 0 Å². The first-order valence-electron chi connectivity index (χ1n) is 9.37. The van der Waals surface area contributed by atoms with E-state index in [1.54, 1.807) is 24.7 Å². The fraction of sp³-hybridized carbons (Fsp3) is 0.350. The predicted molar refractivity (Wildman–Crippen MR) is 108 cm³/mol. The van der Waals surface area contributed by atoms with Gasteiger partial charge in [-0.15, -0.1) is 10.2 Å². The summed E-state index contributed by atoms with van der Waals surface area (Å²) in [6.07, 6.45) is 7.23. The van der Waals surface area contributed by atoms with Crippen LogP contribution in [0, 0.1) is 5.82 Å². The molecule has 4 rings (SSSR count). The van der Waals surface area contributed by atoms with Crippen molar-refractivity contribution in [1.29, 1.82) is 0 Å². The number of anilines is 1. The Bertz CT molecular complexity index is 1140. The minimum Gasteiger partial charge on any atom is -0.370 e. The number of para-hydroxylation sites is 1. The number of hydrogen-bond donors (Lipinski definition) is 0. The Balaban J connectivity index is 1.73. The van der Waals surface area contributed by atoms with Crippen LogP contribution >= 0.6 is 0 Å². The van der Waals surface area contributed by atoms with Crippen molar-refractivity contribution in [1.82, 2.24) is 19.7 Å². The van der Waals surface area contributed by atoms with Gasteiger partial charge in [0.05, 0.1) is 16.8 Å². The summed E-state index contributed by atoms with van der Waals surface area (Å²) in [5.74, 6) is 0.748. The summed E-state index contributed by atoms with van der Waals surface area (Å²) in [5.41, 5.74) is 1.83. The maximum absolute atomic E-state index is 13.8. The molecule has 1 aromatic carbocycles. The van der Waals surface area contributed by atoms with Crippen LogP contribution in [0.3, 0.4) is 0 Å². The number of sulfone groups is 1. The quantitative estimate of drug-likeness (QED) is 0.652. The molecule has 1 saturated heterocycles. The lowest BCUT2D eigenvalue weighted by Crippen LogP contribution is -2.35. The Labute approximate surface area is 169 Å². The summed E-state index contributed by atoms with van der Waals surface area (Å²) >= 11 is 0. The van der Waals surface area contributed by atoms with E-state index >= 15 is 0 Å². The third kappa shape index (κ3) is 3.87. The van der Waals surface area contributed by atoms with Crippen molar-refractivity contribution in [3.63, 3.8) is 0 Å². The van der Waals surface area contributed by atoms with E-state index in [0.717, 1.165) is 24.9 Å². The molecular formula is C20H22FN5O2S. The highest BCUT2D eigenvalue weighted by Gasteiger charge is 2.28. The molecule has 0 saturated carbocycles. The van der Waals surface area contributed by atoms with Crippen LogP contribution < -0.4 is 4.90 Å². The van der Waals surface area contributed by atoms with Crippen molar-refractivity contribution >= 4 is 15.5 Å². The fourth-order valence-corrected chi connectivity index (χ4v) is 4.88. The maximum Gasteiger partial charge on any atom is 0.177 e. The average molecular weight is 415 g/mol. The number of halogens is 1. The monoisotopic (exact) mass is 415 g/mol. The van der Waals surface area contributed by atoms with Crippen LogP contribution in [-0.2, 0) is 16.9 Å². The van der Waals surface area contributed by atoms with Gasteiger partial charge >= 0.3 is 0 Å². The highest BCUT2D eigenvalue weighted by molar-refractivity contribution is 7.90. The lowest BCUT2D eigenvalue weighted by atomic mass is 9.94. The van der Waals surface area contributed by atoms with Gasteiger partial charge < -0.3 is 9.47 Å². The lowest BCUT2D eigenvalue weighted by Gasteiger charge is -2.35. The van der Waals surface area contributed by atoms with E-state index in [9.17, 15) is 12.8 Å². The molecular weight excluding hydrogens is 393 g/mol. The topological polar surface area (TPSA) is 81.0 Å². The summed E-state index contributed by atoms with van der Waals surface area (Å²) < 4.78 is 40.7. The van der Waals surface area contributed by atoms with Crippen molar-refractivity contribution in [2.45, 2.75) is 23.7 Å². The minimum atomic E-state index is -3.47. The summed E-state index contributed by atoms with van der Waals surface area (Å²) in [6.45, 7) is 1.33. The highest BCUT2D eigenvalue weighted by atomic mass is 32.2. The first-order valence-corrected chi connectivity index (χ1v) is 11.3. The maximum atomic E-state index is 13.8. The van der Waals surface area contributed by atoms with Crippen molar-refractivity contribution in [3.8, 4) is 11.1 Å². The number of rotatable bonds is 4. The van der Waals surface area contributed by atoms with Crippen molar-refractivity contribution in [2.24, 2.45) is 7.05 Å². The second-order valence-corrected chi connectivity index (χ2v) is 9.36. The predicted octanol–water partition coefficient (Wildman–Crippen LogP) is 2.80. The molecule has 3 heterocycles. The number of piperidine rings is 1. The molecule has 9 heteroatoms. The van der Waals surface area contributed by atoms with Crippen molar-refractivity contribution in [2.75, 3.05) is 24.2 Å². The minimum absolute atomic E-state index is 0.247. The van der Waals surface area contributed by atoms with Crippen LogP contribution in [0.1, 0.15) is 24.6 Å². The van der Waals surface area contributed by atoms with Gasteiger partial charge in [-0.1, -0.05) is 12.1 Å². The van der Waals surface area contributed by atoms with Gasteiger partial charge in [0.25, 0.3) is 0 Å². The largest absolute Gasteiger partial charge is 0.370 e. The molecule has 0 spiro atoms. The van der Waals surface area contributed by atoms with E-state index in [-0.39, 0.29) is 10.8 Å². The Morgan fingerprint density at radius 3 is 2.55 bits per heavy atom. The summed E-state index contributed by atoms with van der Waals surface area (Å²) in [4.78, 5) is 6.25. The Morgan fingerprint density at radius 1 is 1.17 bits per heavy atom. The zero-order chi connectivity index (χ0) is 20.6. The van der Waals surface area contributed by atoms with E-state index in [0.29, 0.717) is 29.9 Å². The molecule has 0 radical (unpaired) electrons. The van der Waals surface area contributed by atoms with Gasteiger partial charge in [0, 0.05) is 49.6 Å². The van der Waals surface area contributed by atoms with Gasteiger partial charge in [-0.05, 0) is 25.0 Å². The second-order valence-electron chi connectivity index (χ2n) is 7.38. The fourth-order valence-electron chi connectivity index (χ4n) is 3.96. The number of nitrogens with zero attached hydrogens (tertiary/aromatic N) is 5. The summed E-state index contributed by atoms with van der Waals surface area (Å²) in [7, 11) is -1.54. The zero-order valence-corrected chi connectivity index (χ0v) is 17.1. The first kappa shape index (κ1) is 19.5. The number of pyridine rings is 1. The second kappa shape index (κ2) is 7.55. The molecule has 0 bridgehead atoms. The molecule has 3 aromatic rings. The summed E-state index contributed by atoms with van der Waals surface area (Å²) in [6, 6.07) is 6.49. The molecule has 29 heavy (non-hydrogen) atoms. The van der Waals surface area contributed by atoms with E-state index in [1.807, 2.05) is 17.7 Å². The van der Waals surface area contributed by atoms with Gasteiger partial charge in [-0.3, -0.25) is 4.98 Å². The standard InChI is InChI=1S/C20H22FN5O2S/c1-25-13-23-24-20(25)14-6-8-26(9-7-14)19-17(15-10-16(21)12-22-11-15)4-3-5-18(19)29(2,27)28/h3-5,10-14H,6-9H2,1-2H3. The van der Waals surface area contributed by atoms with Crippen molar-refractivity contribution in [3.05, 3.63) is 54.6 Å². The van der Waals surface area contributed by atoms with Gasteiger partial charge in [0.15, 0.2) is 9.84 Å².